The highest BCUT2D eigenvalue weighted by Crippen LogP contribution is 2.30. The predicted molar refractivity (Wildman–Crippen MR) is 85.8 cm³/mol. The standard InChI is InChI=1S/C17H18Cl2O/c1-10-7-12(3)14(8-11(10)2)16(20)9-13-5-4-6-15(18)17(13)19/h4-8,16,20H,9H2,1-3H3. The summed E-state index contributed by atoms with van der Waals surface area (Å²) >= 11 is 12.2. The van der Waals surface area contributed by atoms with Gasteiger partial charge in [0.05, 0.1) is 16.1 Å². The lowest BCUT2D eigenvalue weighted by Gasteiger charge is -2.17. The summed E-state index contributed by atoms with van der Waals surface area (Å²) in [5.74, 6) is 0. The van der Waals surface area contributed by atoms with Crippen molar-refractivity contribution in [2.45, 2.75) is 33.3 Å². The molecule has 1 N–H and O–H groups in total. The molecule has 2 aromatic carbocycles. The Morgan fingerprint density at radius 3 is 2.35 bits per heavy atom. The van der Waals surface area contributed by atoms with Crippen molar-refractivity contribution >= 4 is 23.2 Å². The summed E-state index contributed by atoms with van der Waals surface area (Å²) in [5.41, 5.74) is 5.33. The van der Waals surface area contributed by atoms with E-state index in [1.165, 1.54) is 11.1 Å². The van der Waals surface area contributed by atoms with Gasteiger partial charge in [-0.2, -0.15) is 0 Å². The monoisotopic (exact) mass is 308 g/mol. The van der Waals surface area contributed by atoms with Crippen LogP contribution in [0.4, 0.5) is 0 Å². The number of rotatable bonds is 3. The van der Waals surface area contributed by atoms with Crippen LogP contribution in [0.5, 0.6) is 0 Å². The summed E-state index contributed by atoms with van der Waals surface area (Å²) in [4.78, 5) is 0. The Morgan fingerprint density at radius 2 is 1.65 bits per heavy atom. The van der Waals surface area contributed by atoms with E-state index in [-0.39, 0.29) is 0 Å². The summed E-state index contributed by atoms with van der Waals surface area (Å²) < 4.78 is 0. The Balaban J connectivity index is 2.31. The third-order valence-corrected chi connectivity index (χ3v) is 4.54. The average Bonchev–Trinajstić information content (AvgIpc) is 2.39. The molecule has 3 heteroatoms. The lowest BCUT2D eigenvalue weighted by atomic mass is 9.94. The summed E-state index contributed by atoms with van der Waals surface area (Å²) in [5, 5.41) is 11.5. The molecule has 0 saturated carbocycles. The van der Waals surface area contributed by atoms with E-state index >= 15 is 0 Å². The first-order valence-corrected chi connectivity index (χ1v) is 7.34. The number of halogens is 2. The lowest BCUT2D eigenvalue weighted by Crippen LogP contribution is -2.05. The molecule has 0 amide bonds. The third-order valence-electron chi connectivity index (χ3n) is 3.69. The number of benzene rings is 2. The Labute approximate surface area is 130 Å². The first-order chi connectivity index (χ1) is 9.40. The van der Waals surface area contributed by atoms with Crippen molar-refractivity contribution in [1.29, 1.82) is 0 Å². The fourth-order valence-corrected chi connectivity index (χ4v) is 2.76. The van der Waals surface area contributed by atoms with Crippen LogP contribution in [-0.4, -0.2) is 5.11 Å². The van der Waals surface area contributed by atoms with Gasteiger partial charge in [0.1, 0.15) is 0 Å². The Kier molecular flexibility index (Phi) is 4.74. The normalized spacial score (nSPS) is 12.5. The maximum Gasteiger partial charge on any atom is 0.0833 e. The van der Waals surface area contributed by atoms with E-state index in [0.29, 0.717) is 16.5 Å². The van der Waals surface area contributed by atoms with Gasteiger partial charge in [0.15, 0.2) is 0 Å². The summed E-state index contributed by atoms with van der Waals surface area (Å²) in [6.45, 7) is 6.15. The fraction of sp³-hybridized carbons (Fsp3) is 0.294. The number of hydrogen-bond donors (Lipinski definition) is 1. The zero-order valence-electron chi connectivity index (χ0n) is 11.9. The van der Waals surface area contributed by atoms with E-state index in [9.17, 15) is 5.11 Å². The van der Waals surface area contributed by atoms with E-state index in [4.69, 9.17) is 23.2 Å². The molecule has 2 rings (SSSR count). The van der Waals surface area contributed by atoms with Crippen LogP contribution in [0.1, 0.15) is 33.9 Å². The number of aliphatic hydroxyl groups excluding tert-OH is 1. The zero-order chi connectivity index (χ0) is 14.9. The van der Waals surface area contributed by atoms with Gasteiger partial charge in [-0.05, 0) is 54.7 Å². The molecule has 2 aromatic rings. The predicted octanol–water partition coefficient (Wildman–Crippen LogP) is 5.19. The van der Waals surface area contributed by atoms with Crippen molar-refractivity contribution in [3.05, 3.63) is 68.2 Å². The van der Waals surface area contributed by atoms with Gasteiger partial charge < -0.3 is 5.11 Å². The molecule has 0 saturated heterocycles. The van der Waals surface area contributed by atoms with Crippen LogP contribution in [0, 0.1) is 20.8 Å². The molecule has 0 spiro atoms. The Hall–Kier alpha value is -1.02. The molecule has 1 unspecified atom stereocenters. The van der Waals surface area contributed by atoms with Gasteiger partial charge in [-0.3, -0.25) is 0 Å². The number of aryl methyl sites for hydroxylation is 3. The molecule has 1 nitrogen and oxygen atoms in total. The zero-order valence-corrected chi connectivity index (χ0v) is 13.4. The maximum atomic E-state index is 10.5. The van der Waals surface area contributed by atoms with E-state index in [1.54, 1.807) is 6.07 Å². The van der Waals surface area contributed by atoms with Gasteiger partial charge in [-0.15, -0.1) is 0 Å². The highest BCUT2D eigenvalue weighted by molar-refractivity contribution is 6.42. The molecule has 0 aliphatic heterocycles. The molecule has 0 heterocycles. The van der Waals surface area contributed by atoms with Crippen LogP contribution < -0.4 is 0 Å². The molecule has 0 fully saturated rings. The molecule has 0 aromatic heterocycles. The third kappa shape index (κ3) is 3.17. The second-order valence-electron chi connectivity index (χ2n) is 5.23. The molecule has 0 aliphatic rings. The molecule has 0 bridgehead atoms. The molecule has 106 valence electrons. The van der Waals surface area contributed by atoms with Gasteiger partial charge in [-0.1, -0.05) is 47.5 Å². The topological polar surface area (TPSA) is 20.2 Å². The van der Waals surface area contributed by atoms with Crippen molar-refractivity contribution in [1.82, 2.24) is 0 Å². The van der Waals surface area contributed by atoms with Crippen LogP contribution in [0.15, 0.2) is 30.3 Å². The van der Waals surface area contributed by atoms with E-state index in [1.807, 2.05) is 25.1 Å². The molecule has 0 aliphatic carbocycles. The second kappa shape index (κ2) is 6.17. The summed E-state index contributed by atoms with van der Waals surface area (Å²) in [7, 11) is 0. The van der Waals surface area contributed by atoms with Crippen LogP contribution >= 0.6 is 23.2 Å². The van der Waals surface area contributed by atoms with Crippen molar-refractivity contribution in [2.24, 2.45) is 0 Å². The van der Waals surface area contributed by atoms with Gasteiger partial charge in [0.25, 0.3) is 0 Å². The van der Waals surface area contributed by atoms with Crippen LogP contribution in [0.2, 0.25) is 10.0 Å². The SMILES string of the molecule is Cc1cc(C)c(C(O)Cc2cccc(Cl)c2Cl)cc1C. The van der Waals surface area contributed by atoms with Crippen molar-refractivity contribution < 1.29 is 5.11 Å². The molecule has 20 heavy (non-hydrogen) atoms. The number of aliphatic hydroxyl groups is 1. The quantitative estimate of drug-likeness (QED) is 0.826. The van der Waals surface area contributed by atoms with Gasteiger partial charge >= 0.3 is 0 Å². The minimum absolute atomic E-state index is 0.461. The fourth-order valence-electron chi connectivity index (χ4n) is 2.37. The minimum Gasteiger partial charge on any atom is -0.388 e. The molecular weight excluding hydrogens is 291 g/mol. The van der Waals surface area contributed by atoms with Crippen molar-refractivity contribution in [3.63, 3.8) is 0 Å². The highest BCUT2D eigenvalue weighted by Gasteiger charge is 2.15. The number of hydrogen-bond acceptors (Lipinski definition) is 1. The molecule has 1 atom stereocenters. The van der Waals surface area contributed by atoms with Crippen LogP contribution in [0.3, 0.4) is 0 Å². The Morgan fingerprint density at radius 1 is 1.00 bits per heavy atom. The average molecular weight is 309 g/mol. The van der Waals surface area contributed by atoms with Crippen LogP contribution in [-0.2, 0) is 6.42 Å². The van der Waals surface area contributed by atoms with Crippen molar-refractivity contribution in [3.8, 4) is 0 Å². The first-order valence-electron chi connectivity index (χ1n) is 6.59. The van der Waals surface area contributed by atoms with Crippen molar-refractivity contribution in [2.75, 3.05) is 0 Å². The molecular formula is C17H18Cl2O. The van der Waals surface area contributed by atoms with E-state index in [0.717, 1.165) is 16.7 Å². The Bertz CT molecular complexity index is 635. The smallest absolute Gasteiger partial charge is 0.0833 e. The van der Waals surface area contributed by atoms with E-state index in [2.05, 4.69) is 19.9 Å². The highest BCUT2D eigenvalue weighted by atomic mass is 35.5. The van der Waals surface area contributed by atoms with Gasteiger partial charge in [0, 0.05) is 6.42 Å². The van der Waals surface area contributed by atoms with Gasteiger partial charge in [0.2, 0.25) is 0 Å². The largest absolute Gasteiger partial charge is 0.388 e. The summed E-state index contributed by atoms with van der Waals surface area (Å²) in [6.07, 6.45) is -0.117. The first kappa shape index (κ1) is 15.4. The lowest BCUT2D eigenvalue weighted by molar-refractivity contribution is 0.177. The van der Waals surface area contributed by atoms with E-state index < -0.39 is 6.10 Å². The molecule has 0 radical (unpaired) electrons. The minimum atomic E-state index is -0.578. The van der Waals surface area contributed by atoms with Gasteiger partial charge in [-0.25, -0.2) is 0 Å². The summed E-state index contributed by atoms with van der Waals surface area (Å²) in [6, 6.07) is 9.65. The second-order valence-corrected chi connectivity index (χ2v) is 6.01. The van der Waals surface area contributed by atoms with Crippen LogP contribution in [0.25, 0.3) is 0 Å². The maximum absolute atomic E-state index is 10.5.